The normalized spacial score (nSPS) is 26.1. The summed E-state index contributed by atoms with van der Waals surface area (Å²) in [4.78, 5) is 14.6. The van der Waals surface area contributed by atoms with Gasteiger partial charge in [0.1, 0.15) is 0 Å². The number of aromatic nitrogens is 2. The molecule has 2 aliphatic rings. The van der Waals surface area contributed by atoms with Gasteiger partial charge < -0.3 is 10.2 Å². The quantitative estimate of drug-likeness (QED) is 0.928. The van der Waals surface area contributed by atoms with Crippen LogP contribution in [0.25, 0.3) is 0 Å². The molecule has 1 aliphatic heterocycles. The molecule has 3 rings (SSSR count). The zero-order valence-corrected chi connectivity index (χ0v) is 15.0. The van der Waals surface area contributed by atoms with Gasteiger partial charge in [0.15, 0.2) is 5.69 Å². The third kappa shape index (κ3) is 2.54. The van der Waals surface area contributed by atoms with Gasteiger partial charge in [-0.25, -0.2) is 0 Å². The summed E-state index contributed by atoms with van der Waals surface area (Å²) in [6, 6.07) is 0. The number of carbonyl (C=O) groups excluding carboxylic acids is 1. The van der Waals surface area contributed by atoms with Crippen molar-refractivity contribution in [1.29, 1.82) is 0 Å². The van der Waals surface area contributed by atoms with Crippen molar-refractivity contribution in [2.45, 2.75) is 45.6 Å². The van der Waals surface area contributed by atoms with Gasteiger partial charge in [0, 0.05) is 25.7 Å². The van der Waals surface area contributed by atoms with Gasteiger partial charge in [-0.3, -0.25) is 9.48 Å². The molecule has 1 aliphatic carbocycles. The number of aryl methyl sites for hydroxylation is 1. The smallest absolute Gasteiger partial charge is 0.275 e. The van der Waals surface area contributed by atoms with E-state index >= 15 is 0 Å². The maximum atomic E-state index is 12.7. The van der Waals surface area contributed by atoms with Crippen molar-refractivity contribution in [3.05, 3.63) is 16.4 Å². The first-order chi connectivity index (χ1) is 10.5. The number of carbonyl (C=O) groups is 1. The molecule has 2 atom stereocenters. The number of nitrogens with zero attached hydrogens (tertiary/aromatic N) is 3. The first-order valence-corrected chi connectivity index (χ1v) is 8.59. The van der Waals surface area contributed by atoms with Gasteiger partial charge in [-0.1, -0.05) is 32.4 Å². The van der Waals surface area contributed by atoms with E-state index in [-0.39, 0.29) is 11.4 Å². The van der Waals surface area contributed by atoms with Crippen molar-refractivity contribution in [1.82, 2.24) is 20.0 Å². The molecule has 1 saturated heterocycles. The number of likely N-dealkylation sites (tertiary alicyclic amines) is 1. The number of amides is 1. The lowest BCUT2D eigenvalue weighted by molar-refractivity contribution is 0.0775. The predicted molar refractivity (Wildman–Crippen MR) is 89.4 cm³/mol. The molecule has 1 aromatic rings. The van der Waals surface area contributed by atoms with Crippen LogP contribution in [-0.2, 0) is 13.5 Å². The van der Waals surface area contributed by atoms with Gasteiger partial charge in [0.2, 0.25) is 0 Å². The Bertz CT molecular complexity index is 553. The van der Waals surface area contributed by atoms with Crippen molar-refractivity contribution in [3.8, 4) is 0 Å². The molecule has 1 amide bonds. The zero-order valence-electron chi connectivity index (χ0n) is 14.2. The van der Waals surface area contributed by atoms with Crippen molar-refractivity contribution in [2.75, 3.05) is 20.1 Å². The summed E-state index contributed by atoms with van der Waals surface area (Å²) in [6.07, 6.45) is 3.12. The van der Waals surface area contributed by atoms with Gasteiger partial charge >= 0.3 is 0 Å². The highest BCUT2D eigenvalue weighted by Gasteiger charge is 2.53. The molecule has 0 aromatic carbocycles. The largest absolute Gasteiger partial charge is 0.335 e. The molecule has 0 radical (unpaired) electrons. The lowest BCUT2D eigenvalue weighted by Crippen LogP contribution is -2.56. The van der Waals surface area contributed by atoms with E-state index in [1.54, 1.807) is 4.68 Å². The molecule has 22 heavy (non-hydrogen) atoms. The summed E-state index contributed by atoms with van der Waals surface area (Å²) in [5.74, 6) is 0.541. The van der Waals surface area contributed by atoms with E-state index in [9.17, 15) is 4.79 Å². The van der Waals surface area contributed by atoms with Gasteiger partial charge in [-0.2, -0.15) is 5.10 Å². The Morgan fingerprint density at radius 1 is 1.50 bits per heavy atom. The van der Waals surface area contributed by atoms with Gasteiger partial charge in [-0.05, 0) is 32.2 Å². The molecule has 0 bridgehead atoms. The van der Waals surface area contributed by atoms with Crippen LogP contribution in [0.4, 0.5) is 0 Å². The second-order valence-electron chi connectivity index (χ2n) is 5.91. The van der Waals surface area contributed by atoms with Crippen LogP contribution >= 0.6 is 11.6 Å². The zero-order chi connectivity index (χ0) is 16.5. The molecule has 6 heteroatoms. The Kier molecular flexibility index (Phi) is 5.17. The molecule has 2 heterocycles. The predicted octanol–water partition coefficient (Wildman–Crippen LogP) is 2.49. The third-order valence-electron chi connectivity index (χ3n) is 5.06. The molecule has 124 valence electrons. The standard InChI is InChI=1S/C14H21ClN4O.C2H6/c1-4-10-11(15)12(17-18(10)3)13(20)19-7-9-5-6-14(9,8-19)16-2;1-2/h9,16H,4-8H2,1-3H3;1-2H3. The molecule has 2 fully saturated rings. The summed E-state index contributed by atoms with van der Waals surface area (Å²) in [7, 11) is 3.83. The van der Waals surface area contributed by atoms with Crippen LogP contribution in [0.5, 0.6) is 0 Å². The Morgan fingerprint density at radius 2 is 2.18 bits per heavy atom. The highest BCUT2D eigenvalue weighted by Crippen LogP contribution is 2.44. The second kappa shape index (κ2) is 6.59. The Balaban J connectivity index is 0.000000847. The Labute approximate surface area is 138 Å². The van der Waals surface area contributed by atoms with E-state index in [2.05, 4.69) is 10.4 Å². The van der Waals surface area contributed by atoms with Gasteiger partial charge in [0.05, 0.1) is 10.7 Å². The monoisotopic (exact) mass is 326 g/mol. The maximum Gasteiger partial charge on any atom is 0.275 e. The summed E-state index contributed by atoms with van der Waals surface area (Å²) < 4.78 is 1.72. The molecule has 1 aromatic heterocycles. The first kappa shape index (κ1) is 17.3. The molecule has 5 nitrogen and oxygen atoms in total. The van der Waals surface area contributed by atoms with Crippen LogP contribution in [0.15, 0.2) is 0 Å². The highest BCUT2D eigenvalue weighted by molar-refractivity contribution is 6.34. The number of hydrogen-bond donors (Lipinski definition) is 1. The average Bonchev–Trinajstić information content (AvgIpc) is 2.95. The van der Waals surface area contributed by atoms with E-state index in [0.29, 0.717) is 16.6 Å². The Hall–Kier alpha value is -1.07. The topological polar surface area (TPSA) is 50.2 Å². The van der Waals surface area contributed by atoms with Crippen LogP contribution in [0.3, 0.4) is 0 Å². The van der Waals surface area contributed by atoms with Gasteiger partial charge in [0.25, 0.3) is 5.91 Å². The summed E-state index contributed by atoms with van der Waals surface area (Å²) in [6.45, 7) is 7.60. The number of hydrogen-bond acceptors (Lipinski definition) is 3. The van der Waals surface area contributed by atoms with E-state index < -0.39 is 0 Å². The Morgan fingerprint density at radius 3 is 2.59 bits per heavy atom. The fraction of sp³-hybridized carbons (Fsp3) is 0.750. The second-order valence-corrected chi connectivity index (χ2v) is 6.29. The lowest BCUT2D eigenvalue weighted by Gasteiger charge is -2.43. The summed E-state index contributed by atoms with van der Waals surface area (Å²) in [5.41, 5.74) is 1.45. The number of nitrogens with one attached hydrogen (secondary N) is 1. The first-order valence-electron chi connectivity index (χ1n) is 8.22. The average molecular weight is 327 g/mol. The summed E-state index contributed by atoms with van der Waals surface area (Å²) in [5, 5.41) is 8.23. The molecule has 1 N–H and O–H groups in total. The van der Waals surface area contributed by atoms with Crippen molar-refractivity contribution >= 4 is 17.5 Å². The van der Waals surface area contributed by atoms with E-state index in [1.807, 2.05) is 39.8 Å². The number of likely N-dealkylation sites (N-methyl/N-ethyl adjacent to an activating group) is 1. The molecular formula is C16H27ClN4O. The van der Waals surface area contributed by atoms with Crippen molar-refractivity contribution in [2.24, 2.45) is 13.0 Å². The van der Waals surface area contributed by atoms with E-state index in [4.69, 9.17) is 11.6 Å². The van der Waals surface area contributed by atoms with Crippen molar-refractivity contribution < 1.29 is 4.79 Å². The van der Waals surface area contributed by atoms with E-state index in [1.165, 1.54) is 6.42 Å². The molecule has 2 unspecified atom stereocenters. The van der Waals surface area contributed by atoms with Crippen LogP contribution in [0.1, 0.15) is 49.8 Å². The van der Waals surface area contributed by atoms with Crippen LogP contribution in [0, 0.1) is 5.92 Å². The maximum absolute atomic E-state index is 12.7. The molecule has 0 spiro atoms. The number of rotatable bonds is 3. The number of halogens is 1. The van der Waals surface area contributed by atoms with E-state index in [0.717, 1.165) is 31.6 Å². The van der Waals surface area contributed by atoms with Crippen LogP contribution in [0.2, 0.25) is 5.02 Å². The molecular weight excluding hydrogens is 300 g/mol. The SMILES string of the molecule is CC.CCc1c(Cl)c(C(=O)N2CC3CCC3(NC)C2)nn1C. The number of fused-ring (bicyclic) bond motifs is 1. The fourth-order valence-corrected chi connectivity index (χ4v) is 3.98. The fourth-order valence-electron chi connectivity index (χ4n) is 3.61. The highest BCUT2D eigenvalue weighted by atomic mass is 35.5. The summed E-state index contributed by atoms with van der Waals surface area (Å²) >= 11 is 6.31. The minimum absolute atomic E-state index is 0.0330. The van der Waals surface area contributed by atoms with Crippen LogP contribution < -0.4 is 5.32 Å². The minimum atomic E-state index is -0.0330. The lowest BCUT2D eigenvalue weighted by atomic mass is 9.69. The molecule has 1 saturated carbocycles. The van der Waals surface area contributed by atoms with Crippen LogP contribution in [-0.4, -0.2) is 46.3 Å². The third-order valence-corrected chi connectivity index (χ3v) is 5.46. The van der Waals surface area contributed by atoms with Gasteiger partial charge in [-0.15, -0.1) is 0 Å². The minimum Gasteiger partial charge on any atom is -0.335 e. The van der Waals surface area contributed by atoms with Crippen molar-refractivity contribution in [3.63, 3.8) is 0 Å².